The quantitative estimate of drug-likeness (QED) is 0.907. The molecule has 1 atom stereocenters. The molecule has 1 amide bonds. The van der Waals surface area contributed by atoms with Crippen LogP contribution in [-0.4, -0.2) is 23.9 Å². The molecule has 0 aliphatic carbocycles. The zero-order valence-corrected chi connectivity index (χ0v) is 13.0. The number of hydrogen-bond donors (Lipinski definition) is 1. The van der Waals surface area contributed by atoms with Crippen molar-refractivity contribution in [3.8, 4) is 0 Å². The molecule has 19 heavy (non-hydrogen) atoms. The molecule has 1 unspecified atom stereocenters. The normalized spacial score (nSPS) is 12.6. The second kappa shape index (κ2) is 7.13. The third-order valence-electron chi connectivity index (χ3n) is 2.86. The first-order chi connectivity index (χ1) is 8.82. The highest BCUT2D eigenvalue weighted by Crippen LogP contribution is 2.26. The third kappa shape index (κ3) is 4.68. The third-order valence-corrected chi connectivity index (χ3v) is 3.72. The summed E-state index contributed by atoms with van der Waals surface area (Å²) in [5.74, 6) is 0.312. The van der Waals surface area contributed by atoms with Gasteiger partial charge in [-0.05, 0) is 24.0 Å². The molecule has 0 aromatic heterocycles. The number of carbonyl (C=O) groups excluding carboxylic acids is 1. The topological polar surface area (TPSA) is 46.3 Å². The van der Waals surface area contributed by atoms with Crippen LogP contribution >= 0.6 is 23.2 Å². The van der Waals surface area contributed by atoms with Crippen LogP contribution in [0.5, 0.6) is 0 Å². The van der Waals surface area contributed by atoms with Crippen LogP contribution in [0.4, 0.5) is 0 Å². The molecule has 0 spiro atoms. The number of nitrogens with zero attached hydrogens (tertiary/aromatic N) is 1. The Morgan fingerprint density at radius 2 is 2.00 bits per heavy atom. The molecule has 1 aromatic carbocycles. The summed E-state index contributed by atoms with van der Waals surface area (Å²) < 4.78 is 0. The average Bonchev–Trinajstić information content (AvgIpc) is 2.33. The van der Waals surface area contributed by atoms with Crippen molar-refractivity contribution < 1.29 is 4.79 Å². The van der Waals surface area contributed by atoms with Gasteiger partial charge in [-0.15, -0.1) is 0 Å². The Morgan fingerprint density at radius 1 is 1.37 bits per heavy atom. The Labute approximate surface area is 124 Å². The van der Waals surface area contributed by atoms with Crippen LogP contribution in [-0.2, 0) is 11.3 Å². The lowest BCUT2D eigenvalue weighted by Crippen LogP contribution is -2.42. The molecule has 1 aromatic rings. The highest BCUT2D eigenvalue weighted by molar-refractivity contribution is 6.42. The van der Waals surface area contributed by atoms with Crippen LogP contribution in [0.15, 0.2) is 18.2 Å². The van der Waals surface area contributed by atoms with Crippen LogP contribution in [0.25, 0.3) is 0 Å². The maximum absolute atomic E-state index is 12.1. The number of amides is 1. The SMILES string of the molecule is CC(C)CC(N)C(=O)N(C)Cc1cccc(Cl)c1Cl. The maximum Gasteiger partial charge on any atom is 0.239 e. The summed E-state index contributed by atoms with van der Waals surface area (Å²) in [7, 11) is 1.72. The van der Waals surface area contributed by atoms with Crippen LogP contribution < -0.4 is 5.73 Å². The first-order valence-corrected chi connectivity index (χ1v) is 7.02. The Morgan fingerprint density at radius 3 is 2.58 bits per heavy atom. The molecule has 0 heterocycles. The van der Waals surface area contributed by atoms with Gasteiger partial charge in [0.05, 0.1) is 16.1 Å². The van der Waals surface area contributed by atoms with Gasteiger partial charge >= 0.3 is 0 Å². The summed E-state index contributed by atoms with van der Waals surface area (Å²) >= 11 is 12.1. The lowest BCUT2D eigenvalue weighted by Gasteiger charge is -2.23. The number of benzene rings is 1. The van der Waals surface area contributed by atoms with E-state index in [1.54, 1.807) is 18.0 Å². The zero-order chi connectivity index (χ0) is 14.6. The fourth-order valence-corrected chi connectivity index (χ4v) is 2.28. The van der Waals surface area contributed by atoms with E-state index >= 15 is 0 Å². The smallest absolute Gasteiger partial charge is 0.239 e. The number of rotatable bonds is 5. The molecule has 0 aliphatic rings. The van der Waals surface area contributed by atoms with E-state index in [-0.39, 0.29) is 5.91 Å². The van der Waals surface area contributed by atoms with Gasteiger partial charge in [-0.2, -0.15) is 0 Å². The number of halogens is 2. The molecule has 1 rings (SSSR count). The first kappa shape index (κ1) is 16.3. The molecule has 0 radical (unpaired) electrons. The Bertz CT molecular complexity index is 449. The highest BCUT2D eigenvalue weighted by atomic mass is 35.5. The Hall–Kier alpha value is -0.770. The van der Waals surface area contributed by atoms with Crippen molar-refractivity contribution in [1.29, 1.82) is 0 Å². The van der Waals surface area contributed by atoms with Crippen LogP contribution in [0, 0.1) is 5.92 Å². The van der Waals surface area contributed by atoms with Crippen molar-refractivity contribution in [1.82, 2.24) is 4.90 Å². The number of hydrogen-bond acceptors (Lipinski definition) is 2. The summed E-state index contributed by atoms with van der Waals surface area (Å²) in [5.41, 5.74) is 6.71. The van der Waals surface area contributed by atoms with E-state index in [9.17, 15) is 4.79 Å². The predicted molar refractivity (Wildman–Crippen MR) is 80.4 cm³/mol. The van der Waals surface area contributed by atoms with E-state index in [4.69, 9.17) is 28.9 Å². The van der Waals surface area contributed by atoms with Crippen molar-refractivity contribution in [2.24, 2.45) is 11.7 Å². The average molecular weight is 303 g/mol. The van der Waals surface area contributed by atoms with Gasteiger partial charge in [-0.25, -0.2) is 0 Å². The molecule has 2 N–H and O–H groups in total. The van der Waals surface area contributed by atoms with Crippen molar-refractivity contribution >= 4 is 29.1 Å². The van der Waals surface area contributed by atoms with E-state index in [2.05, 4.69) is 0 Å². The molecule has 0 bridgehead atoms. The molecular formula is C14H20Cl2N2O. The van der Waals surface area contributed by atoms with Crippen LogP contribution in [0.2, 0.25) is 10.0 Å². The minimum Gasteiger partial charge on any atom is -0.340 e. The van der Waals surface area contributed by atoms with E-state index in [0.717, 1.165) is 5.56 Å². The Balaban J connectivity index is 2.71. The Kier molecular flexibility index (Phi) is 6.11. The largest absolute Gasteiger partial charge is 0.340 e. The second-order valence-corrected chi connectivity index (χ2v) is 5.93. The molecule has 0 saturated heterocycles. The summed E-state index contributed by atoms with van der Waals surface area (Å²) in [6.45, 7) is 4.49. The standard InChI is InChI=1S/C14H20Cl2N2O/c1-9(2)7-12(17)14(19)18(3)8-10-5-4-6-11(15)13(10)16/h4-6,9,12H,7-8,17H2,1-3H3. The summed E-state index contributed by atoms with van der Waals surface area (Å²) in [5, 5.41) is 0.979. The van der Waals surface area contributed by atoms with Crippen molar-refractivity contribution in [3.05, 3.63) is 33.8 Å². The van der Waals surface area contributed by atoms with E-state index in [1.165, 1.54) is 0 Å². The minimum atomic E-state index is -0.469. The van der Waals surface area contributed by atoms with Crippen molar-refractivity contribution in [2.75, 3.05) is 7.05 Å². The molecule has 0 aliphatic heterocycles. The molecule has 0 fully saturated rings. The van der Waals surface area contributed by atoms with Gasteiger partial charge in [0.1, 0.15) is 0 Å². The van der Waals surface area contributed by atoms with Gasteiger partial charge in [0.15, 0.2) is 0 Å². The first-order valence-electron chi connectivity index (χ1n) is 6.26. The molecule has 106 valence electrons. The molecular weight excluding hydrogens is 283 g/mol. The summed E-state index contributed by atoms with van der Waals surface area (Å²) in [4.78, 5) is 13.7. The highest BCUT2D eigenvalue weighted by Gasteiger charge is 2.20. The van der Waals surface area contributed by atoms with E-state index in [1.807, 2.05) is 26.0 Å². The summed E-state index contributed by atoms with van der Waals surface area (Å²) in [6, 6.07) is 4.92. The lowest BCUT2D eigenvalue weighted by molar-refractivity contribution is -0.132. The predicted octanol–water partition coefficient (Wildman–Crippen LogP) is 3.33. The van der Waals surface area contributed by atoms with Gasteiger partial charge in [0.25, 0.3) is 0 Å². The van der Waals surface area contributed by atoms with Crippen molar-refractivity contribution in [3.63, 3.8) is 0 Å². The zero-order valence-electron chi connectivity index (χ0n) is 11.5. The fourth-order valence-electron chi connectivity index (χ4n) is 1.90. The van der Waals surface area contributed by atoms with Gasteiger partial charge in [-0.3, -0.25) is 4.79 Å². The number of carbonyl (C=O) groups is 1. The molecule has 5 heteroatoms. The van der Waals surface area contributed by atoms with Gasteiger partial charge in [0, 0.05) is 13.6 Å². The van der Waals surface area contributed by atoms with Gasteiger partial charge in [0.2, 0.25) is 5.91 Å². The summed E-state index contributed by atoms with van der Waals surface area (Å²) in [6.07, 6.45) is 0.673. The van der Waals surface area contributed by atoms with Crippen LogP contribution in [0.3, 0.4) is 0 Å². The van der Waals surface area contributed by atoms with Gasteiger partial charge < -0.3 is 10.6 Å². The van der Waals surface area contributed by atoms with E-state index in [0.29, 0.717) is 28.9 Å². The van der Waals surface area contributed by atoms with Crippen LogP contribution in [0.1, 0.15) is 25.8 Å². The van der Waals surface area contributed by atoms with Gasteiger partial charge in [-0.1, -0.05) is 49.2 Å². The van der Waals surface area contributed by atoms with E-state index < -0.39 is 6.04 Å². The number of likely N-dealkylation sites (N-methyl/N-ethyl adjacent to an activating group) is 1. The second-order valence-electron chi connectivity index (χ2n) is 5.14. The molecule has 0 saturated carbocycles. The molecule has 3 nitrogen and oxygen atoms in total. The maximum atomic E-state index is 12.1. The van der Waals surface area contributed by atoms with Crippen molar-refractivity contribution in [2.45, 2.75) is 32.9 Å². The minimum absolute atomic E-state index is 0.0789. The fraction of sp³-hybridized carbons (Fsp3) is 0.500. The number of nitrogens with two attached hydrogens (primary N) is 1. The lowest BCUT2D eigenvalue weighted by atomic mass is 10.0. The monoisotopic (exact) mass is 302 g/mol.